The predicted molar refractivity (Wildman–Crippen MR) is 172 cm³/mol. The molecule has 2 aromatic rings. The van der Waals surface area contributed by atoms with E-state index in [-0.39, 0.29) is 13.2 Å². The molecule has 4 fully saturated rings. The third-order valence-electron chi connectivity index (χ3n) is 8.97. The number of ether oxygens (including phenoxy) is 11. The Morgan fingerprint density at radius 3 is 2.04 bits per heavy atom. The topological polar surface area (TPSA) is 139 Å². The van der Waals surface area contributed by atoms with E-state index < -0.39 is 84.7 Å². The molecule has 2 aromatic carbocycles. The van der Waals surface area contributed by atoms with Crippen LogP contribution in [0.25, 0.3) is 11.1 Å². The van der Waals surface area contributed by atoms with Crippen molar-refractivity contribution < 1.29 is 62.0 Å². The van der Waals surface area contributed by atoms with Gasteiger partial charge >= 0.3 is 5.97 Å². The lowest BCUT2D eigenvalue weighted by Crippen LogP contribution is -2.61. The number of esters is 1. The minimum atomic E-state index is -1.29. The molecule has 6 rings (SSSR count). The van der Waals surface area contributed by atoms with Crippen molar-refractivity contribution in [3.63, 3.8) is 0 Å². The Balaban J connectivity index is 1.22. The summed E-state index contributed by atoms with van der Waals surface area (Å²) in [5.41, 5.74) is 2.39. The van der Waals surface area contributed by atoms with Gasteiger partial charge in [0, 0.05) is 14.2 Å². The van der Waals surface area contributed by atoms with Crippen molar-refractivity contribution in [3.8, 4) is 11.1 Å². The highest BCUT2D eigenvalue weighted by Crippen LogP contribution is 2.42. The van der Waals surface area contributed by atoms with Crippen LogP contribution < -0.4 is 0 Å². The third-order valence-corrected chi connectivity index (χ3v) is 8.97. The predicted octanol–water partition coefficient (Wildman–Crippen LogP) is 3.79. The Kier molecular flexibility index (Phi) is 10.5. The van der Waals surface area contributed by atoms with Crippen molar-refractivity contribution in [2.75, 3.05) is 27.4 Å². The number of fused-ring (bicyclic) bond motifs is 1. The largest absolute Gasteiger partial charge is 0.459 e. The van der Waals surface area contributed by atoms with E-state index in [0.717, 1.165) is 11.1 Å². The Morgan fingerprint density at radius 2 is 1.41 bits per heavy atom. The number of rotatable bonds is 11. The standard InChI is InChI=1S/C36H48O13/c1-34(2)42-19-24(45-34)26(29-30(33(39-7)40-8)49-36(5,6)48-29)44-32-25(37)28-27(46-35(3,4)47-28)23(43-32)18-41-31(38)22-16-14-21(15-17-22)20-12-10-9-11-13-20/h9-17,23-30,32-33,37H,18-19H2,1-8H3/t23-,24-,25-,26-,27+,28-,29+,30-,32+/m1/s1. The average Bonchev–Trinajstić information content (AvgIpc) is 3.71. The van der Waals surface area contributed by atoms with E-state index in [1.165, 1.54) is 14.2 Å². The molecule has 0 amide bonds. The van der Waals surface area contributed by atoms with E-state index in [0.29, 0.717) is 5.56 Å². The van der Waals surface area contributed by atoms with Crippen LogP contribution in [0.15, 0.2) is 54.6 Å². The molecule has 13 nitrogen and oxygen atoms in total. The zero-order valence-corrected chi connectivity index (χ0v) is 29.2. The maximum atomic E-state index is 13.2. The lowest BCUT2D eigenvalue weighted by Gasteiger charge is -2.42. The number of aliphatic hydroxyl groups is 1. The fourth-order valence-corrected chi connectivity index (χ4v) is 6.83. The normalized spacial score (nSPS) is 33.8. The smallest absolute Gasteiger partial charge is 0.338 e. The van der Waals surface area contributed by atoms with Crippen LogP contribution in [0.2, 0.25) is 0 Å². The highest BCUT2D eigenvalue weighted by molar-refractivity contribution is 5.90. The Bertz CT molecular complexity index is 1410. The van der Waals surface area contributed by atoms with Gasteiger partial charge in [-0.1, -0.05) is 42.5 Å². The summed E-state index contributed by atoms with van der Waals surface area (Å²) in [6.07, 6.45) is -8.97. The molecule has 4 aliphatic rings. The Morgan fingerprint density at radius 1 is 0.796 bits per heavy atom. The summed E-state index contributed by atoms with van der Waals surface area (Å²) in [7, 11) is 3.01. The molecular formula is C36H48O13. The van der Waals surface area contributed by atoms with Crippen molar-refractivity contribution in [3.05, 3.63) is 60.2 Å². The van der Waals surface area contributed by atoms with Crippen LogP contribution in [-0.4, -0.2) is 117 Å². The second-order valence-corrected chi connectivity index (χ2v) is 14.0. The number of carbonyl (C=O) groups is 1. The minimum Gasteiger partial charge on any atom is -0.459 e. The molecule has 4 aliphatic heterocycles. The molecule has 0 radical (unpaired) electrons. The first-order valence-electron chi connectivity index (χ1n) is 16.6. The molecule has 4 saturated heterocycles. The maximum Gasteiger partial charge on any atom is 0.338 e. The van der Waals surface area contributed by atoms with E-state index in [4.69, 9.17) is 52.1 Å². The van der Waals surface area contributed by atoms with Crippen LogP contribution in [0.5, 0.6) is 0 Å². The van der Waals surface area contributed by atoms with Crippen molar-refractivity contribution >= 4 is 5.97 Å². The third kappa shape index (κ3) is 8.03. The van der Waals surface area contributed by atoms with E-state index in [1.807, 2.05) is 42.5 Å². The SMILES string of the molecule is COC(OC)[C@@H]1OC(C)(C)O[C@H]1[C@H](O[C@@H]1O[C@H](COC(=O)c2ccc(-c3ccccc3)cc2)[C@@H]2OC(C)(C)O[C@@H]2[C@H]1O)[C@H]1COC(C)(C)O1. The first-order chi connectivity index (χ1) is 23.2. The van der Waals surface area contributed by atoms with Gasteiger partial charge in [-0.25, -0.2) is 4.79 Å². The summed E-state index contributed by atoms with van der Waals surface area (Å²) < 4.78 is 66.9. The van der Waals surface area contributed by atoms with Gasteiger partial charge in [0.15, 0.2) is 29.9 Å². The van der Waals surface area contributed by atoms with Gasteiger partial charge in [0.05, 0.1) is 12.2 Å². The number of hydrogen-bond donors (Lipinski definition) is 1. The summed E-state index contributed by atoms with van der Waals surface area (Å²) in [4.78, 5) is 13.2. The van der Waals surface area contributed by atoms with Gasteiger partial charge in [-0.15, -0.1) is 0 Å². The molecule has 0 unspecified atom stereocenters. The molecule has 9 atom stereocenters. The number of methoxy groups -OCH3 is 2. The first-order valence-corrected chi connectivity index (χ1v) is 16.6. The summed E-state index contributed by atoms with van der Waals surface area (Å²) in [6, 6.07) is 17.0. The molecule has 270 valence electrons. The summed E-state index contributed by atoms with van der Waals surface area (Å²) in [6.45, 7) is 10.6. The van der Waals surface area contributed by atoms with Gasteiger partial charge in [0.2, 0.25) is 0 Å². The van der Waals surface area contributed by atoms with Gasteiger partial charge < -0.3 is 57.2 Å². The minimum absolute atomic E-state index is 0.168. The van der Waals surface area contributed by atoms with Crippen LogP contribution >= 0.6 is 0 Å². The van der Waals surface area contributed by atoms with Crippen LogP contribution in [0.4, 0.5) is 0 Å². The van der Waals surface area contributed by atoms with Crippen molar-refractivity contribution in [2.45, 2.75) is 120 Å². The van der Waals surface area contributed by atoms with Gasteiger partial charge in [-0.3, -0.25) is 0 Å². The van der Waals surface area contributed by atoms with E-state index in [1.54, 1.807) is 53.7 Å². The van der Waals surface area contributed by atoms with Crippen molar-refractivity contribution in [2.24, 2.45) is 0 Å². The molecule has 4 heterocycles. The molecule has 0 bridgehead atoms. The average molecular weight is 689 g/mol. The number of benzene rings is 2. The number of aliphatic hydroxyl groups excluding tert-OH is 1. The van der Waals surface area contributed by atoms with Crippen LogP contribution in [-0.2, 0) is 52.1 Å². The van der Waals surface area contributed by atoms with Gasteiger partial charge in [0.25, 0.3) is 0 Å². The van der Waals surface area contributed by atoms with Crippen molar-refractivity contribution in [1.29, 1.82) is 0 Å². The van der Waals surface area contributed by atoms with Gasteiger partial charge in [-0.2, -0.15) is 0 Å². The zero-order chi connectivity index (χ0) is 35.1. The maximum absolute atomic E-state index is 13.2. The molecule has 0 aliphatic carbocycles. The molecular weight excluding hydrogens is 640 g/mol. The summed E-state index contributed by atoms with van der Waals surface area (Å²) in [5.74, 6) is -3.51. The number of carbonyl (C=O) groups excluding carboxylic acids is 1. The lowest BCUT2D eigenvalue weighted by atomic mass is 9.98. The van der Waals surface area contributed by atoms with E-state index in [9.17, 15) is 9.90 Å². The van der Waals surface area contributed by atoms with Crippen LogP contribution in [0.1, 0.15) is 51.9 Å². The summed E-state index contributed by atoms with van der Waals surface area (Å²) >= 11 is 0. The first kappa shape index (κ1) is 36.3. The molecule has 13 heteroatoms. The molecule has 0 aromatic heterocycles. The second kappa shape index (κ2) is 14.2. The molecule has 0 spiro atoms. The van der Waals surface area contributed by atoms with Crippen molar-refractivity contribution in [1.82, 2.24) is 0 Å². The Labute approximate surface area is 286 Å². The Hall–Kier alpha value is -2.53. The van der Waals surface area contributed by atoms with Crippen LogP contribution in [0.3, 0.4) is 0 Å². The quantitative estimate of drug-likeness (QED) is 0.271. The molecule has 1 N–H and O–H groups in total. The fraction of sp³-hybridized carbons (Fsp3) is 0.639. The number of hydrogen-bond acceptors (Lipinski definition) is 13. The lowest BCUT2D eigenvalue weighted by molar-refractivity contribution is -0.315. The molecule has 49 heavy (non-hydrogen) atoms. The highest BCUT2D eigenvalue weighted by atomic mass is 16.8. The van der Waals surface area contributed by atoms with E-state index >= 15 is 0 Å². The summed E-state index contributed by atoms with van der Waals surface area (Å²) in [5, 5.41) is 11.6. The van der Waals surface area contributed by atoms with Crippen LogP contribution in [0, 0.1) is 0 Å². The highest BCUT2D eigenvalue weighted by Gasteiger charge is 2.59. The van der Waals surface area contributed by atoms with E-state index in [2.05, 4.69) is 0 Å². The fourth-order valence-electron chi connectivity index (χ4n) is 6.83. The van der Waals surface area contributed by atoms with Gasteiger partial charge in [-0.05, 0) is 64.8 Å². The van der Waals surface area contributed by atoms with Gasteiger partial charge in [0.1, 0.15) is 55.4 Å². The zero-order valence-electron chi connectivity index (χ0n) is 29.2. The molecule has 0 saturated carbocycles. The second-order valence-electron chi connectivity index (χ2n) is 14.0. The monoisotopic (exact) mass is 688 g/mol.